The van der Waals surface area contributed by atoms with Crippen LogP contribution in [0.5, 0.6) is 0 Å². The quantitative estimate of drug-likeness (QED) is 0.690. The molecule has 0 bridgehead atoms. The van der Waals surface area contributed by atoms with Gasteiger partial charge in [-0.15, -0.1) is 11.3 Å². The van der Waals surface area contributed by atoms with E-state index in [9.17, 15) is 4.79 Å². The summed E-state index contributed by atoms with van der Waals surface area (Å²) in [5.41, 5.74) is 0.923. The standard InChI is InChI=1S/C18H19ClN4OS/c1-23-11-10-20-17(23)16(13-4-6-14(19)7-5-13)22-18(24)21-9-8-15-3-2-12-25-15/h2-7,10-12,16H,8-9H2,1H3,(H2,21,22,24)/t16-/m1/s1. The van der Waals surface area contributed by atoms with E-state index in [0.29, 0.717) is 11.6 Å². The predicted octanol–water partition coefficient (Wildman–Crippen LogP) is 3.77. The van der Waals surface area contributed by atoms with Crippen LogP contribution in [0.3, 0.4) is 0 Å². The molecule has 1 atom stereocenters. The zero-order valence-corrected chi connectivity index (χ0v) is 15.3. The largest absolute Gasteiger partial charge is 0.338 e. The molecular weight excluding hydrogens is 356 g/mol. The Kier molecular flexibility index (Phi) is 5.73. The first-order valence-corrected chi connectivity index (χ1v) is 9.18. The third-order valence-corrected chi connectivity index (χ3v) is 5.02. The number of benzene rings is 1. The summed E-state index contributed by atoms with van der Waals surface area (Å²) < 4.78 is 1.89. The molecule has 0 aliphatic rings. The molecule has 2 amide bonds. The molecule has 0 unspecified atom stereocenters. The van der Waals surface area contributed by atoms with Gasteiger partial charge in [0, 0.05) is 35.9 Å². The lowest BCUT2D eigenvalue weighted by Gasteiger charge is -2.19. The number of aromatic nitrogens is 2. The van der Waals surface area contributed by atoms with E-state index >= 15 is 0 Å². The van der Waals surface area contributed by atoms with E-state index in [-0.39, 0.29) is 12.1 Å². The number of carbonyl (C=O) groups is 1. The molecule has 1 aromatic carbocycles. The summed E-state index contributed by atoms with van der Waals surface area (Å²) in [6.07, 6.45) is 4.39. The van der Waals surface area contributed by atoms with E-state index < -0.39 is 0 Å². The first kappa shape index (κ1) is 17.5. The molecule has 0 aliphatic carbocycles. The molecule has 2 aromatic heterocycles. The minimum atomic E-state index is -0.348. The van der Waals surface area contributed by atoms with Crippen LogP contribution in [0.2, 0.25) is 5.02 Å². The number of aryl methyl sites for hydroxylation is 1. The van der Waals surface area contributed by atoms with Crippen LogP contribution >= 0.6 is 22.9 Å². The van der Waals surface area contributed by atoms with Gasteiger partial charge in [0.05, 0.1) is 0 Å². The third kappa shape index (κ3) is 4.61. The Labute approximate surface area is 155 Å². The average molecular weight is 375 g/mol. The number of thiophene rings is 1. The van der Waals surface area contributed by atoms with Crippen LogP contribution in [0.4, 0.5) is 4.79 Å². The number of urea groups is 1. The van der Waals surface area contributed by atoms with Crippen LogP contribution in [-0.2, 0) is 13.5 Å². The minimum absolute atomic E-state index is 0.223. The number of amides is 2. The van der Waals surface area contributed by atoms with E-state index in [0.717, 1.165) is 17.8 Å². The lowest BCUT2D eigenvalue weighted by molar-refractivity contribution is 0.238. The second-order valence-electron chi connectivity index (χ2n) is 5.61. The molecule has 130 valence electrons. The molecule has 2 heterocycles. The maximum Gasteiger partial charge on any atom is 0.315 e. The van der Waals surface area contributed by atoms with Crippen molar-refractivity contribution in [2.75, 3.05) is 6.54 Å². The van der Waals surface area contributed by atoms with Crippen LogP contribution in [0.15, 0.2) is 54.2 Å². The van der Waals surface area contributed by atoms with Gasteiger partial charge in [0.1, 0.15) is 11.9 Å². The molecular formula is C18H19ClN4OS. The topological polar surface area (TPSA) is 59.0 Å². The molecule has 5 nitrogen and oxygen atoms in total. The van der Waals surface area contributed by atoms with Gasteiger partial charge in [0.25, 0.3) is 0 Å². The SMILES string of the molecule is Cn1ccnc1[C@H](NC(=O)NCCc1cccs1)c1ccc(Cl)cc1. The van der Waals surface area contributed by atoms with Gasteiger partial charge in [-0.05, 0) is 35.6 Å². The Morgan fingerprint density at radius 2 is 2.12 bits per heavy atom. The van der Waals surface area contributed by atoms with Crippen molar-refractivity contribution in [2.24, 2.45) is 7.05 Å². The predicted molar refractivity (Wildman–Crippen MR) is 101 cm³/mol. The molecule has 3 rings (SSSR count). The van der Waals surface area contributed by atoms with E-state index in [1.54, 1.807) is 17.5 Å². The van der Waals surface area contributed by atoms with Crippen molar-refractivity contribution in [3.05, 3.63) is 75.5 Å². The van der Waals surface area contributed by atoms with Crippen LogP contribution in [-0.4, -0.2) is 22.1 Å². The Morgan fingerprint density at radius 3 is 2.76 bits per heavy atom. The molecule has 7 heteroatoms. The Balaban J connectivity index is 1.68. The van der Waals surface area contributed by atoms with Crippen molar-refractivity contribution in [1.29, 1.82) is 0 Å². The van der Waals surface area contributed by atoms with Gasteiger partial charge in [0.15, 0.2) is 0 Å². The number of rotatable bonds is 6. The summed E-state index contributed by atoms with van der Waals surface area (Å²) in [5, 5.41) is 8.60. The highest BCUT2D eigenvalue weighted by Gasteiger charge is 2.20. The Morgan fingerprint density at radius 1 is 1.32 bits per heavy atom. The highest BCUT2D eigenvalue weighted by Crippen LogP contribution is 2.22. The summed E-state index contributed by atoms with van der Waals surface area (Å²) in [4.78, 5) is 18.0. The number of nitrogens with zero attached hydrogens (tertiary/aromatic N) is 2. The number of halogens is 1. The molecule has 3 aromatic rings. The van der Waals surface area contributed by atoms with Crippen LogP contribution < -0.4 is 10.6 Å². The van der Waals surface area contributed by atoms with Crippen molar-refractivity contribution < 1.29 is 4.79 Å². The minimum Gasteiger partial charge on any atom is -0.338 e. The molecule has 2 N–H and O–H groups in total. The summed E-state index contributed by atoms with van der Waals surface area (Å²) in [5.74, 6) is 0.760. The second kappa shape index (κ2) is 8.18. The summed E-state index contributed by atoms with van der Waals surface area (Å²) >= 11 is 7.67. The molecule has 0 fully saturated rings. The second-order valence-corrected chi connectivity index (χ2v) is 7.08. The van der Waals surface area contributed by atoms with Crippen molar-refractivity contribution >= 4 is 29.0 Å². The molecule has 25 heavy (non-hydrogen) atoms. The maximum atomic E-state index is 12.3. The van der Waals surface area contributed by atoms with E-state index in [1.807, 2.05) is 53.5 Å². The maximum absolute atomic E-state index is 12.3. The summed E-state index contributed by atoms with van der Waals surface area (Å²) in [7, 11) is 1.90. The molecule has 0 aliphatic heterocycles. The smallest absolute Gasteiger partial charge is 0.315 e. The number of nitrogens with one attached hydrogen (secondary N) is 2. The average Bonchev–Trinajstić information content (AvgIpc) is 3.25. The fraction of sp³-hybridized carbons (Fsp3) is 0.222. The van der Waals surface area contributed by atoms with Gasteiger partial charge in [0.2, 0.25) is 0 Å². The van der Waals surface area contributed by atoms with Gasteiger partial charge < -0.3 is 15.2 Å². The van der Waals surface area contributed by atoms with Crippen molar-refractivity contribution in [1.82, 2.24) is 20.2 Å². The summed E-state index contributed by atoms with van der Waals surface area (Å²) in [6, 6.07) is 10.9. The van der Waals surface area contributed by atoms with Gasteiger partial charge in [-0.1, -0.05) is 29.8 Å². The van der Waals surface area contributed by atoms with Gasteiger partial charge in [-0.3, -0.25) is 0 Å². The zero-order valence-electron chi connectivity index (χ0n) is 13.8. The first-order chi connectivity index (χ1) is 12.1. The lowest BCUT2D eigenvalue weighted by Crippen LogP contribution is -2.40. The molecule has 0 spiro atoms. The monoisotopic (exact) mass is 374 g/mol. The fourth-order valence-corrected chi connectivity index (χ4v) is 3.38. The van der Waals surface area contributed by atoms with Crippen LogP contribution in [0.25, 0.3) is 0 Å². The zero-order chi connectivity index (χ0) is 17.6. The van der Waals surface area contributed by atoms with Crippen molar-refractivity contribution in [3.63, 3.8) is 0 Å². The molecule has 0 saturated heterocycles. The van der Waals surface area contributed by atoms with Gasteiger partial charge in [-0.25, -0.2) is 9.78 Å². The van der Waals surface area contributed by atoms with E-state index in [1.165, 1.54) is 4.88 Å². The Bertz CT molecular complexity index is 814. The normalized spacial score (nSPS) is 11.9. The van der Waals surface area contributed by atoms with Crippen LogP contribution in [0, 0.1) is 0 Å². The van der Waals surface area contributed by atoms with Crippen molar-refractivity contribution in [3.8, 4) is 0 Å². The number of imidazole rings is 1. The number of carbonyl (C=O) groups excluding carboxylic acids is 1. The Hall–Kier alpha value is -2.31. The fourth-order valence-electron chi connectivity index (χ4n) is 2.54. The van der Waals surface area contributed by atoms with Gasteiger partial charge >= 0.3 is 6.03 Å². The molecule has 0 saturated carbocycles. The molecule has 0 radical (unpaired) electrons. The lowest BCUT2D eigenvalue weighted by atomic mass is 10.1. The van der Waals surface area contributed by atoms with E-state index in [4.69, 9.17) is 11.6 Å². The highest BCUT2D eigenvalue weighted by molar-refractivity contribution is 7.09. The van der Waals surface area contributed by atoms with E-state index in [2.05, 4.69) is 21.7 Å². The number of hydrogen-bond donors (Lipinski definition) is 2. The summed E-state index contributed by atoms with van der Waals surface area (Å²) in [6.45, 7) is 0.584. The van der Waals surface area contributed by atoms with Crippen LogP contribution in [0.1, 0.15) is 22.3 Å². The van der Waals surface area contributed by atoms with Gasteiger partial charge in [-0.2, -0.15) is 0 Å². The van der Waals surface area contributed by atoms with Crippen molar-refractivity contribution in [2.45, 2.75) is 12.5 Å². The highest BCUT2D eigenvalue weighted by atomic mass is 35.5. The first-order valence-electron chi connectivity index (χ1n) is 7.93. The third-order valence-electron chi connectivity index (χ3n) is 3.83. The number of hydrogen-bond acceptors (Lipinski definition) is 3.